The van der Waals surface area contributed by atoms with Crippen LogP contribution in [0.2, 0.25) is 0 Å². The maximum absolute atomic E-state index is 13.0. The van der Waals surface area contributed by atoms with Crippen molar-refractivity contribution in [3.8, 4) is 5.75 Å². The molecule has 0 unspecified atom stereocenters. The predicted molar refractivity (Wildman–Crippen MR) is 109 cm³/mol. The molecule has 2 N–H and O–H groups in total. The number of carbonyl (C=O) groups is 1. The van der Waals surface area contributed by atoms with Gasteiger partial charge in [-0.15, -0.1) is 0 Å². The highest BCUT2D eigenvalue weighted by Crippen LogP contribution is 2.20. The minimum atomic E-state index is -3.36. The zero-order valence-electron chi connectivity index (χ0n) is 16.1. The van der Waals surface area contributed by atoms with Crippen molar-refractivity contribution in [1.82, 2.24) is 9.62 Å². The molecule has 0 aromatic heterocycles. The number of rotatable bonds is 7. The van der Waals surface area contributed by atoms with Gasteiger partial charge in [0.1, 0.15) is 11.6 Å². The first-order chi connectivity index (χ1) is 13.8. The summed E-state index contributed by atoms with van der Waals surface area (Å²) in [6, 6.07) is 11.9. The van der Waals surface area contributed by atoms with Gasteiger partial charge in [0.2, 0.25) is 10.0 Å². The smallest absolute Gasteiger partial charge is 0.251 e. The second-order valence-electron chi connectivity index (χ2n) is 7.29. The van der Waals surface area contributed by atoms with E-state index < -0.39 is 10.0 Å². The summed E-state index contributed by atoms with van der Waals surface area (Å²) in [5, 5.41) is 12.1. The molecule has 0 saturated carbocycles. The van der Waals surface area contributed by atoms with Crippen LogP contribution in [0.1, 0.15) is 28.8 Å². The van der Waals surface area contributed by atoms with Gasteiger partial charge in [0, 0.05) is 25.2 Å². The Labute approximate surface area is 170 Å². The number of carbonyl (C=O) groups excluding carboxylic acids is 1. The number of aromatic hydroxyl groups is 1. The zero-order valence-corrected chi connectivity index (χ0v) is 16.9. The minimum absolute atomic E-state index is 0.000880. The summed E-state index contributed by atoms with van der Waals surface area (Å²) in [7, 11) is -3.36. The van der Waals surface area contributed by atoms with Crippen molar-refractivity contribution in [2.24, 2.45) is 5.92 Å². The second kappa shape index (κ2) is 9.37. The van der Waals surface area contributed by atoms with E-state index >= 15 is 0 Å². The molecule has 1 fully saturated rings. The van der Waals surface area contributed by atoms with E-state index in [-0.39, 0.29) is 29.1 Å². The highest BCUT2D eigenvalue weighted by atomic mass is 32.2. The molecule has 0 aliphatic carbocycles. The Morgan fingerprint density at radius 2 is 1.69 bits per heavy atom. The van der Waals surface area contributed by atoms with Crippen molar-refractivity contribution >= 4 is 15.9 Å². The first-order valence-electron chi connectivity index (χ1n) is 9.63. The quantitative estimate of drug-likeness (QED) is 0.721. The summed E-state index contributed by atoms with van der Waals surface area (Å²) >= 11 is 0. The molecule has 0 atom stereocenters. The number of nitrogens with one attached hydrogen (secondary N) is 1. The lowest BCUT2D eigenvalue weighted by atomic mass is 9.98. The highest BCUT2D eigenvalue weighted by Gasteiger charge is 2.28. The number of nitrogens with zero attached hydrogens (tertiary/aromatic N) is 1. The Morgan fingerprint density at radius 1 is 1.07 bits per heavy atom. The van der Waals surface area contributed by atoms with E-state index in [1.165, 1.54) is 28.6 Å². The Bertz CT molecular complexity index is 922. The van der Waals surface area contributed by atoms with Gasteiger partial charge in [-0.25, -0.2) is 17.1 Å². The number of hydrogen-bond acceptors (Lipinski definition) is 4. The molecule has 2 aromatic carbocycles. The number of sulfonamides is 1. The SMILES string of the molecule is O=C(NCC1CCN(S(=O)(=O)CCc2ccc(F)cc2)CC1)c1ccc(O)cc1. The summed E-state index contributed by atoms with van der Waals surface area (Å²) in [4.78, 5) is 12.1. The van der Waals surface area contributed by atoms with Crippen molar-refractivity contribution in [2.75, 3.05) is 25.4 Å². The van der Waals surface area contributed by atoms with Gasteiger partial charge in [-0.3, -0.25) is 4.79 Å². The molecule has 3 rings (SSSR count). The lowest BCUT2D eigenvalue weighted by Gasteiger charge is -2.31. The van der Waals surface area contributed by atoms with Crippen LogP contribution < -0.4 is 5.32 Å². The third-order valence-electron chi connectivity index (χ3n) is 5.21. The standard InChI is InChI=1S/C21H25FN2O4S/c22-19-5-1-16(2-6-19)11-14-29(27,28)24-12-9-17(10-13-24)15-23-21(26)18-3-7-20(25)8-4-18/h1-8,17,25H,9-15H2,(H,23,26). The summed E-state index contributed by atoms with van der Waals surface area (Å²) in [6.45, 7) is 1.36. The maximum atomic E-state index is 13.0. The molecule has 0 bridgehead atoms. The number of hydrogen-bond donors (Lipinski definition) is 2. The van der Waals surface area contributed by atoms with E-state index in [9.17, 15) is 22.7 Å². The van der Waals surface area contributed by atoms with Gasteiger partial charge in [0.25, 0.3) is 5.91 Å². The van der Waals surface area contributed by atoms with Gasteiger partial charge >= 0.3 is 0 Å². The summed E-state index contributed by atoms with van der Waals surface area (Å²) in [5.74, 6) is -0.217. The van der Waals surface area contributed by atoms with Gasteiger partial charge in [-0.1, -0.05) is 12.1 Å². The van der Waals surface area contributed by atoms with E-state index in [1.807, 2.05) is 0 Å². The molecule has 156 valence electrons. The van der Waals surface area contributed by atoms with Gasteiger partial charge in [0.15, 0.2) is 0 Å². The van der Waals surface area contributed by atoms with Crippen molar-refractivity contribution in [1.29, 1.82) is 0 Å². The number of halogens is 1. The molecular weight excluding hydrogens is 395 g/mol. The monoisotopic (exact) mass is 420 g/mol. The zero-order chi connectivity index (χ0) is 20.9. The summed E-state index contributed by atoms with van der Waals surface area (Å²) < 4.78 is 39.6. The third-order valence-corrected chi connectivity index (χ3v) is 7.08. The molecule has 29 heavy (non-hydrogen) atoms. The van der Waals surface area contributed by atoms with Crippen LogP contribution in [0, 0.1) is 11.7 Å². The van der Waals surface area contributed by atoms with Gasteiger partial charge in [0.05, 0.1) is 5.75 Å². The summed E-state index contributed by atoms with van der Waals surface area (Å²) in [6.07, 6.45) is 1.72. The number of aryl methyl sites for hydroxylation is 1. The lowest BCUT2D eigenvalue weighted by Crippen LogP contribution is -2.42. The fraction of sp³-hybridized carbons (Fsp3) is 0.381. The second-order valence-corrected chi connectivity index (χ2v) is 9.38. The molecular formula is C21H25FN2O4S. The van der Waals surface area contributed by atoms with Crippen LogP contribution in [0.25, 0.3) is 0 Å². The topological polar surface area (TPSA) is 86.7 Å². The largest absolute Gasteiger partial charge is 0.508 e. The Hall–Kier alpha value is -2.45. The Balaban J connectivity index is 1.43. The average Bonchev–Trinajstić information content (AvgIpc) is 2.72. The lowest BCUT2D eigenvalue weighted by molar-refractivity contribution is 0.0941. The van der Waals surface area contributed by atoms with Crippen molar-refractivity contribution in [3.05, 3.63) is 65.5 Å². The van der Waals surface area contributed by atoms with Crippen LogP contribution >= 0.6 is 0 Å². The number of amides is 1. The normalized spacial score (nSPS) is 15.9. The Kier molecular flexibility index (Phi) is 6.87. The average molecular weight is 421 g/mol. The molecule has 8 heteroatoms. The van der Waals surface area contributed by atoms with Crippen LogP contribution in [0.4, 0.5) is 4.39 Å². The van der Waals surface area contributed by atoms with Crippen molar-refractivity contribution in [2.45, 2.75) is 19.3 Å². The van der Waals surface area contributed by atoms with E-state index in [2.05, 4.69) is 5.32 Å². The molecule has 0 spiro atoms. The summed E-state index contributed by atoms with van der Waals surface area (Å²) in [5.41, 5.74) is 1.27. The number of benzene rings is 2. The molecule has 1 aliphatic heterocycles. The maximum Gasteiger partial charge on any atom is 0.251 e. The highest BCUT2D eigenvalue weighted by molar-refractivity contribution is 7.89. The predicted octanol–water partition coefficient (Wildman–Crippen LogP) is 2.55. The molecule has 0 radical (unpaired) electrons. The van der Waals surface area contributed by atoms with Crippen LogP contribution in [0.5, 0.6) is 5.75 Å². The van der Waals surface area contributed by atoms with Crippen molar-refractivity contribution in [3.63, 3.8) is 0 Å². The van der Waals surface area contributed by atoms with Crippen molar-refractivity contribution < 1.29 is 22.7 Å². The van der Waals surface area contributed by atoms with Gasteiger partial charge < -0.3 is 10.4 Å². The van der Waals surface area contributed by atoms with Crippen LogP contribution in [-0.2, 0) is 16.4 Å². The molecule has 6 nitrogen and oxygen atoms in total. The molecule has 1 amide bonds. The first kappa shape index (κ1) is 21.3. The van der Waals surface area contributed by atoms with E-state index in [1.54, 1.807) is 24.3 Å². The van der Waals surface area contributed by atoms with E-state index in [0.717, 1.165) is 5.56 Å². The fourth-order valence-corrected chi connectivity index (χ4v) is 4.89. The van der Waals surface area contributed by atoms with Gasteiger partial charge in [-0.05, 0) is 67.1 Å². The van der Waals surface area contributed by atoms with E-state index in [4.69, 9.17) is 0 Å². The number of phenolic OH excluding ortho intramolecular Hbond substituents is 1. The molecule has 2 aromatic rings. The van der Waals surface area contributed by atoms with Crippen LogP contribution in [0.15, 0.2) is 48.5 Å². The number of piperidine rings is 1. The molecule has 1 aliphatic rings. The van der Waals surface area contributed by atoms with E-state index in [0.29, 0.717) is 44.5 Å². The first-order valence-corrected chi connectivity index (χ1v) is 11.2. The van der Waals surface area contributed by atoms with Gasteiger partial charge in [-0.2, -0.15) is 0 Å². The minimum Gasteiger partial charge on any atom is -0.508 e. The third kappa shape index (κ3) is 6.01. The Morgan fingerprint density at radius 3 is 2.31 bits per heavy atom. The van der Waals surface area contributed by atoms with Crippen LogP contribution in [-0.4, -0.2) is 49.1 Å². The van der Waals surface area contributed by atoms with Crippen LogP contribution in [0.3, 0.4) is 0 Å². The molecule has 1 saturated heterocycles. The fourth-order valence-electron chi connectivity index (χ4n) is 3.37. The number of phenols is 1. The molecule has 1 heterocycles.